The van der Waals surface area contributed by atoms with Crippen molar-refractivity contribution in [2.24, 2.45) is 0 Å². The maximum Gasteiger partial charge on any atom is 0.133 e. The van der Waals surface area contributed by atoms with Crippen molar-refractivity contribution < 1.29 is 4.74 Å². The quantitative estimate of drug-likeness (QED) is 0.710. The van der Waals surface area contributed by atoms with E-state index < -0.39 is 5.54 Å². The first-order valence-corrected chi connectivity index (χ1v) is 8.27. The molecule has 3 nitrogen and oxygen atoms in total. The summed E-state index contributed by atoms with van der Waals surface area (Å²) in [6.07, 6.45) is 3.21. The van der Waals surface area contributed by atoms with Crippen molar-refractivity contribution in [3.63, 3.8) is 0 Å². The van der Waals surface area contributed by atoms with Crippen LogP contribution in [0.3, 0.4) is 0 Å². The van der Waals surface area contributed by atoms with E-state index in [0.717, 1.165) is 30.1 Å². The van der Waals surface area contributed by atoms with Crippen LogP contribution >= 0.6 is 11.8 Å². The summed E-state index contributed by atoms with van der Waals surface area (Å²) in [6.45, 7) is 0.769. The van der Waals surface area contributed by atoms with Crippen LogP contribution in [-0.2, 0) is 10.3 Å². The molecule has 0 spiro atoms. The smallest absolute Gasteiger partial charge is 0.133 e. The molecule has 2 rings (SSSR count). The highest BCUT2D eigenvalue weighted by Crippen LogP contribution is 2.31. The first kappa shape index (κ1) is 15.4. The molecule has 0 bridgehead atoms. The van der Waals surface area contributed by atoms with Crippen molar-refractivity contribution in [1.29, 1.82) is 5.26 Å². The zero-order chi connectivity index (χ0) is 14.3. The van der Waals surface area contributed by atoms with Crippen LogP contribution < -0.4 is 5.32 Å². The Bertz CT molecular complexity index is 442. The minimum Gasteiger partial charge on any atom is -0.384 e. The van der Waals surface area contributed by atoms with Crippen molar-refractivity contribution in [3.05, 3.63) is 35.9 Å². The lowest BCUT2D eigenvalue weighted by Crippen LogP contribution is -2.43. The largest absolute Gasteiger partial charge is 0.384 e. The molecule has 0 radical (unpaired) electrons. The molecule has 1 unspecified atom stereocenters. The van der Waals surface area contributed by atoms with E-state index in [9.17, 15) is 5.26 Å². The molecule has 1 aromatic carbocycles. The Balaban J connectivity index is 2.01. The zero-order valence-corrected chi connectivity index (χ0v) is 12.8. The van der Waals surface area contributed by atoms with Gasteiger partial charge in [0.05, 0.1) is 12.7 Å². The third-order valence-electron chi connectivity index (χ3n) is 3.54. The number of nitriles is 1. The summed E-state index contributed by atoms with van der Waals surface area (Å²) in [5.41, 5.74) is 0.546. The molecular weight excluding hydrogens is 268 g/mol. The van der Waals surface area contributed by atoms with Gasteiger partial charge in [-0.2, -0.15) is 17.0 Å². The molecule has 1 N–H and O–H groups in total. The van der Waals surface area contributed by atoms with Gasteiger partial charge in [-0.05, 0) is 30.6 Å². The Hall–Kier alpha value is -1.02. The molecule has 1 aliphatic carbocycles. The lowest BCUT2D eigenvalue weighted by molar-refractivity contribution is 0.218. The molecule has 1 saturated carbocycles. The summed E-state index contributed by atoms with van der Waals surface area (Å²) in [4.78, 5) is 0. The van der Waals surface area contributed by atoms with Crippen LogP contribution in [0.2, 0.25) is 0 Å². The standard InChI is InChI=1S/C16H22N2OS/c1-19-10-12-20-11-9-16(13-17,18-15-7-8-15)14-5-3-2-4-6-14/h2-6,15,18H,7-12H2,1H3. The van der Waals surface area contributed by atoms with Gasteiger partial charge in [-0.3, -0.25) is 5.32 Å². The SMILES string of the molecule is COCCSCCC(C#N)(NC1CC1)c1ccccc1. The highest BCUT2D eigenvalue weighted by Gasteiger charge is 2.37. The summed E-state index contributed by atoms with van der Waals surface area (Å²) in [5, 5.41) is 13.3. The van der Waals surface area contributed by atoms with E-state index in [1.54, 1.807) is 7.11 Å². The van der Waals surface area contributed by atoms with Crippen LogP contribution in [0.4, 0.5) is 0 Å². The summed E-state index contributed by atoms with van der Waals surface area (Å²) >= 11 is 1.85. The molecule has 0 aromatic heterocycles. The average Bonchev–Trinajstić information content (AvgIpc) is 3.30. The molecule has 1 fully saturated rings. The topological polar surface area (TPSA) is 45.0 Å². The van der Waals surface area contributed by atoms with Crippen molar-refractivity contribution in [2.45, 2.75) is 30.8 Å². The predicted octanol–water partition coefficient (Wildman–Crippen LogP) is 2.93. The van der Waals surface area contributed by atoms with Gasteiger partial charge in [0.15, 0.2) is 0 Å². The molecule has 1 atom stereocenters. The minimum atomic E-state index is -0.539. The lowest BCUT2D eigenvalue weighted by Gasteiger charge is -2.28. The Labute approximate surface area is 125 Å². The van der Waals surface area contributed by atoms with E-state index in [0.29, 0.717) is 6.04 Å². The molecule has 4 heteroatoms. The second-order valence-corrected chi connectivity index (χ2v) is 6.38. The molecular formula is C16H22N2OS. The van der Waals surface area contributed by atoms with Gasteiger partial charge < -0.3 is 4.74 Å². The highest BCUT2D eigenvalue weighted by atomic mass is 32.2. The maximum atomic E-state index is 9.76. The van der Waals surface area contributed by atoms with Crippen molar-refractivity contribution in [2.75, 3.05) is 25.2 Å². The number of rotatable bonds is 9. The Morgan fingerprint density at radius 2 is 2.10 bits per heavy atom. The zero-order valence-electron chi connectivity index (χ0n) is 12.0. The molecule has 0 aliphatic heterocycles. The van der Waals surface area contributed by atoms with Gasteiger partial charge in [0.2, 0.25) is 0 Å². The van der Waals surface area contributed by atoms with Crippen molar-refractivity contribution in [3.8, 4) is 6.07 Å². The third kappa shape index (κ3) is 4.24. The van der Waals surface area contributed by atoms with E-state index in [-0.39, 0.29) is 0 Å². The number of hydrogen-bond donors (Lipinski definition) is 1. The monoisotopic (exact) mass is 290 g/mol. The molecule has 20 heavy (non-hydrogen) atoms. The summed E-state index contributed by atoms with van der Waals surface area (Å²) in [7, 11) is 1.72. The first-order chi connectivity index (χ1) is 9.80. The van der Waals surface area contributed by atoms with E-state index in [1.165, 1.54) is 12.8 Å². The molecule has 0 amide bonds. The number of nitrogens with one attached hydrogen (secondary N) is 1. The molecule has 1 aromatic rings. The highest BCUT2D eigenvalue weighted by molar-refractivity contribution is 7.99. The number of benzene rings is 1. The van der Waals surface area contributed by atoms with Gasteiger partial charge >= 0.3 is 0 Å². The Kier molecular flexibility index (Phi) is 5.90. The van der Waals surface area contributed by atoms with Crippen molar-refractivity contribution >= 4 is 11.8 Å². The fourth-order valence-corrected chi connectivity index (χ4v) is 3.16. The Morgan fingerprint density at radius 1 is 1.35 bits per heavy atom. The van der Waals surface area contributed by atoms with Crippen molar-refractivity contribution in [1.82, 2.24) is 5.32 Å². The van der Waals surface area contributed by atoms with Gasteiger partial charge in [-0.25, -0.2) is 0 Å². The second kappa shape index (κ2) is 7.68. The number of nitrogens with zero attached hydrogens (tertiary/aromatic N) is 1. The maximum absolute atomic E-state index is 9.76. The van der Waals surface area contributed by atoms with Crippen LogP contribution in [-0.4, -0.2) is 31.3 Å². The van der Waals surface area contributed by atoms with Crippen LogP contribution in [0.25, 0.3) is 0 Å². The number of thioether (sulfide) groups is 1. The normalized spacial score (nSPS) is 17.4. The number of ether oxygens (including phenoxy) is 1. The van der Waals surface area contributed by atoms with Crippen LogP contribution in [0.5, 0.6) is 0 Å². The molecule has 1 aliphatic rings. The minimum absolute atomic E-state index is 0.513. The first-order valence-electron chi connectivity index (χ1n) is 7.12. The van der Waals surface area contributed by atoms with E-state index in [2.05, 4.69) is 23.5 Å². The van der Waals surface area contributed by atoms with Gasteiger partial charge in [0.1, 0.15) is 5.54 Å². The Morgan fingerprint density at radius 3 is 2.70 bits per heavy atom. The van der Waals surface area contributed by atoms with E-state index in [4.69, 9.17) is 4.74 Å². The summed E-state index contributed by atoms with van der Waals surface area (Å²) in [5.74, 6) is 1.95. The molecule has 0 heterocycles. The summed E-state index contributed by atoms with van der Waals surface area (Å²) in [6, 6.07) is 13.2. The second-order valence-electron chi connectivity index (χ2n) is 5.16. The van der Waals surface area contributed by atoms with Gasteiger partial charge in [-0.15, -0.1) is 0 Å². The van der Waals surface area contributed by atoms with Crippen LogP contribution in [0.1, 0.15) is 24.8 Å². The van der Waals surface area contributed by atoms with Gasteiger partial charge in [-0.1, -0.05) is 30.3 Å². The van der Waals surface area contributed by atoms with Crippen LogP contribution in [0.15, 0.2) is 30.3 Å². The number of methoxy groups -OCH3 is 1. The third-order valence-corrected chi connectivity index (χ3v) is 4.49. The van der Waals surface area contributed by atoms with E-state index in [1.807, 2.05) is 30.0 Å². The molecule has 108 valence electrons. The van der Waals surface area contributed by atoms with Gasteiger partial charge in [0.25, 0.3) is 0 Å². The van der Waals surface area contributed by atoms with Crippen LogP contribution in [0, 0.1) is 11.3 Å². The predicted molar refractivity (Wildman–Crippen MR) is 83.7 cm³/mol. The fraction of sp³-hybridized carbons (Fsp3) is 0.562. The number of hydrogen-bond acceptors (Lipinski definition) is 4. The average molecular weight is 290 g/mol. The van der Waals surface area contributed by atoms with Gasteiger partial charge in [0, 0.05) is 18.9 Å². The summed E-state index contributed by atoms with van der Waals surface area (Å²) < 4.78 is 5.06. The lowest BCUT2D eigenvalue weighted by atomic mass is 9.88. The fourth-order valence-electron chi connectivity index (χ4n) is 2.22. The molecule has 0 saturated heterocycles. The van der Waals surface area contributed by atoms with E-state index >= 15 is 0 Å².